The van der Waals surface area contributed by atoms with Gasteiger partial charge in [-0.25, -0.2) is 9.18 Å². The lowest BCUT2D eigenvalue weighted by Gasteiger charge is -2.03. The molecule has 0 radical (unpaired) electrons. The van der Waals surface area contributed by atoms with E-state index in [2.05, 4.69) is 0 Å². The number of rotatable bonds is 3. The molecule has 0 fully saturated rings. The summed E-state index contributed by atoms with van der Waals surface area (Å²) in [5, 5.41) is 0. The summed E-state index contributed by atoms with van der Waals surface area (Å²) in [6.45, 7) is 0. The molecule has 1 aromatic heterocycles. The Labute approximate surface area is 119 Å². The molecule has 5 nitrogen and oxygen atoms in total. The van der Waals surface area contributed by atoms with Gasteiger partial charge in [0.05, 0.1) is 5.56 Å². The highest BCUT2D eigenvalue weighted by atomic mass is 19.1. The van der Waals surface area contributed by atoms with Crippen molar-refractivity contribution >= 4 is 11.9 Å². The second kappa shape index (κ2) is 5.70. The molecule has 2 rings (SSSR count). The molecule has 0 unspecified atom stereocenters. The van der Waals surface area contributed by atoms with E-state index in [9.17, 15) is 18.8 Å². The Bertz CT molecular complexity index is 847. The van der Waals surface area contributed by atoms with Crippen molar-refractivity contribution in [3.63, 3.8) is 0 Å². The van der Waals surface area contributed by atoms with Gasteiger partial charge in [0.2, 0.25) is 0 Å². The zero-order valence-corrected chi connectivity index (χ0v) is 11.5. The van der Waals surface area contributed by atoms with Gasteiger partial charge in [0.1, 0.15) is 5.82 Å². The van der Waals surface area contributed by atoms with Gasteiger partial charge in [-0.15, -0.1) is 0 Å². The van der Waals surface area contributed by atoms with Crippen molar-refractivity contribution in [1.29, 1.82) is 0 Å². The van der Waals surface area contributed by atoms with E-state index in [1.807, 2.05) is 0 Å². The number of aromatic nitrogens is 2. The second-order valence-corrected chi connectivity index (χ2v) is 4.55. The third kappa shape index (κ3) is 3.05. The molecule has 6 heteroatoms. The van der Waals surface area contributed by atoms with Crippen LogP contribution in [-0.4, -0.2) is 14.9 Å². The maximum atomic E-state index is 13.0. The largest absolute Gasteiger partial charge is 0.330 e. The average molecular weight is 288 g/mol. The fourth-order valence-electron chi connectivity index (χ4n) is 1.85. The number of halogens is 1. The number of benzene rings is 1. The Morgan fingerprint density at radius 3 is 2.62 bits per heavy atom. The molecule has 1 heterocycles. The number of ketones is 1. The van der Waals surface area contributed by atoms with Crippen molar-refractivity contribution in [1.82, 2.24) is 9.13 Å². The van der Waals surface area contributed by atoms with Crippen molar-refractivity contribution in [2.45, 2.75) is 0 Å². The predicted molar refractivity (Wildman–Crippen MR) is 76.7 cm³/mol. The molecule has 0 aliphatic rings. The van der Waals surface area contributed by atoms with Gasteiger partial charge in [-0.05, 0) is 24.3 Å². The van der Waals surface area contributed by atoms with E-state index >= 15 is 0 Å². The van der Waals surface area contributed by atoms with Crippen LogP contribution in [0.1, 0.15) is 15.9 Å². The Balaban J connectivity index is 2.37. The highest BCUT2D eigenvalue weighted by Gasteiger charge is 2.06. The van der Waals surface area contributed by atoms with E-state index in [0.717, 1.165) is 10.6 Å². The number of carbonyl (C=O) groups excluding carboxylic acids is 1. The maximum absolute atomic E-state index is 13.0. The van der Waals surface area contributed by atoms with Gasteiger partial charge in [0, 0.05) is 25.9 Å². The molecule has 1 aromatic carbocycles. The molecule has 0 atom stereocenters. The maximum Gasteiger partial charge on any atom is 0.330 e. The molecule has 2 aromatic rings. The number of hydrogen-bond donors (Lipinski definition) is 0. The van der Waals surface area contributed by atoms with Gasteiger partial charge in [0.15, 0.2) is 5.78 Å². The monoisotopic (exact) mass is 288 g/mol. The normalized spacial score (nSPS) is 11.0. The summed E-state index contributed by atoms with van der Waals surface area (Å²) in [4.78, 5) is 35.3. The SMILES string of the molecule is Cn1cc(/C=C/C(=O)c2cccc(F)c2)c(=O)n(C)c1=O. The molecule has 108 valence electrons. The van der Waals surface area contributed by atoms with Crippen LogP contribution in [0.2, 0.25) is 0 Å². The van der Waals surface area contributed by atoms with Crippen LogP contribution >= 0.6 is 0 Å². The Morgan fingerprint density at radius 2 is 1.95 bits per heavy atom. The molecule has 0 N–H and O–H groups in total. The fraction of sp³-hybridized carbons (Fsp3) is 0.133. The van der Waals surface area contributed by atoms with Crippen molar-refractivity contribution in [2.75, 3.05) is 0 Å². The minimum Gasteiger partial charge on any atom is -0.303 e. The highest BCUT2D eigenvalue weighted by molar-refractivity contribution is 6.06. The standard InChI is InChI=1S/C15H13FN2O3/c1-17-9-11(14(20)18(2)15(17)21)6-7-13(19)10-4-3-5-12(16)8-10/h3-9H,1-2H3/b7-6+. The summed E-state index contributed by atoms with van der Waals surface area (Å²) in [6.07, 6.45) is 3.84. The second-order valence-electron chi connectivity index (χ2n) is 4.55. The molecular weight excluding hydrogens is 275 g/mol. The molecule has 0 amide bonds. The lowest BCUT2D eigenvalue weighted by Crippen LogP contribution is -2.37. The average Bonchev–Trinajstić information content (AvgIpc) is 2.47. The Hall–Kier alpha value is -2.76. The first kappa shape index (κ1) is 14.6. The Morgan fingerprint density at radius 1 is 1.24 bits per heavy atom. The molecular formula is C15H13FN2O3. The summed E-state index contributed by atoms with van der Waals surface area (Å²) in [7, 11) is 2.86. The molecule has 0 aliphatic heterocycles. The van der Waals surface area contributed by atoms with E-state index in [0.29, 0.717) is 0 Å². The summed E-state index contributed by atoms with van der Waals surface area (Å²) in [6, 6.07) is 5.27. The molecule has 0 spiro atoms. The highest BCUT2D eigenvalue weighted by Crippen LogP contribution is 2.06. The smallest absolute Gasteiger partial charge is 0.303 e. The van der Waals surface area contributed by atoms with E-state index in [-0.39, 0.29) is 11.1 Å². The zero-order valence-electron chi connectivity index (χ0n) is 11.5. The lowest BCUT2D eigenvalue weighted by molar-refractivity contribution is 0.104. The van der Waals surface area contributed by atoms with Gasteiger partial charge >= 0.3 is 5.69 Å². The molecule has 0 aliphatic carbocycles. The topological polar surface area (TPSA) is 61.1 Å². The van der Waals surface area contributed by atoms with Crippen molar-refractivity contribution in [2.24, 2.45) is 14.1 Å². The zero-order chi connectivity index (χ0) is 15.6. The quantitative estimate of drug-likeness (QED) is 0.628. The summed E-state index contributed by atoms with van der Waals surface area (Å²) < 4.78 is 15.2. The van der Waals surface area contributed by atoms with Crippen molar-refractivity contribution < 1.29 is 9.18 Å². The summed E-state index contributed by atoms with van der Waals surface area (Å²) in [5.41, 5.74) is -0.563. The van der Waals surface area contributed by atoms with E-state index in [4.69, 9.17) is 0 Å². The van der Waals surface area contributed by atoms with Crippen LogP contribution in [0.5, 0.6) is 0 Å². The molecule has 0 bridgehead atoms. The van der Waals surface area contributed by atoms with Crippen LogP contribution in [0.25, 0.3) is 6.08 Å². The van der Waals surface area contributed by atoms with Gasteiger partial charge in [-0.1, -0.05) is 12.1 Å². The first-order chi connectivity index (χ1) is 9.90. The lowest BCUT2D eigenvalue weighted by atomic mass is 10.1. The van der Waals surface area contributed by atoms with Crippen LogP contribution in [0.4, 0.5) is 4.39 Å². The van der Waals surface area contributed by atoms with E-state index < -0.39 is 22.8 Å². The van der Waals surface area contributed by atoms with Crippen LogP contribution in [0.15, 0.2) is 46.1 Å². The minimum atomic E-state index is -0.507. The third-order valence-electron chi connectivity index (χ3n) is 3.00. The van der Waals surface area contributed by atoms with Crippen LogP contribution in [0, 0.1) is 5.82 Å². The van der Waals surface area contributed by atoms with Crippen molar-refractivity contribution in [3.05, 3.63) is 74.3 Å². The first-order valence-electron chi connectivity index (χ1n) is 6.15. The van der Waals surface area contributed by atoms with Gasteiger partial charge < -0.3 is 4.57 Å². The molecule has 21 heavy (non-hydrogen) atoms. The predicted octanol–water partition coefficient (Wildman–Crippen LogP) is 1.12. The van der Waals surface area contributed by atoms with Crippen LogP contribution in [-0.2, 0) is 14.1 Å². The number of hydrogen-bond acceptors (Lipinski definition) is 3. The van der Waals surface area contributed by atoms with Crippen molar-refractivity contribution in [3.8, 4) is 0 Å². The summed E-state index contributed by atoms with van der Waals surface area (Å²) in [5.74, 6) is -0.933. The van der Waals surface area contributed by atoms with Crippen LogP contribution < -0.4 is 11.2 Å². The Kier molecular flexibility index (Phi) is 3.98. The van der Waals surface area contributed by atoms with Gasteiger partial charge in [-0.2, -0.15) is 0 Å². The summed E-state index contributed by atoms with van der Waals surface area (Å²) >= 11 is 0. The molecule has 0 saturated heterocycles. The number of aryl methyl sites for hydroxylation is 1. The number of allylic oxidation sites excluding steroid dienone is 1. The fourth-order valence-corrected chi connectivity index (χ4v) is 1.85. The van der Waals surface area contributed by atoms with Gasteiger partial charge in [0.25, 0.3) is 5.56 Å². The van der Waals surface area contributed by atoms with Crippen LogP contribution in [0.3, 0.4) is 0 Å². The number of nitrogens with zero attached hydrogens (tertiary/aromatic N) is 2. The van der Waals surface area contributed by atoms with Gasteiger partial charge in [-0.3, -0.25) is 14.2 Å². The minimum absolute atomic E-state index is 0.188. The van der Waals surface area contributed by atoms with E-state index in [1.165, 1.54) is 55.2 Å². The first-order valence-corrected chi connectivity index (χ1v) is 6.15. The molecule has 0 saturated carbocycles. The van der Waals surface area contributed by atoms with E-state index in [1.54, 1.807) is 0 Å². The third-order valence-corrected chi connectivity index (χ3v) is 3.00. The number of carbonyl (C=O) groups is 1.